The minimum absolute atomic E-state index is 0.0125. The van der Waals surface area contributed by atoms with Gasteiger partial charge in [-0.05, 0) is 43.5 Å². The van der Waals surface area contributed by atoms with Gasteiger partial charge >= 0.3 is 0 Å². The van der Waals surface area contributed by atoms with Gasteiger partial charge in [0, 0.05) is 37.7 Å². The van der Waals surface area contributed by atoms with Gasteiger partial charge in [0.2, 0.25) is 5.91 Å². The quantitative estimate of drug-likeness (QED) is 0.828. The zero-order chi connectivity index (χ0) is 19.6. The highest BCUT2D eigenvalue weighted by atomic mass is 32.1. The Kier molecular flexibility index (Phi) is 5.73. The van der Waals surface area contributed by atoms with Crippen LogP contribution in [0, 0.1) is 5.82 Å². The lowest BCUT2D eigenvalue weighted by Crippen LogP contribution is -2.57. The maximum absolute atomic E-state index is 13.1. The molecule has 6 nitrogen and oxygen atoms in total. The molecule has 3 heterocycles. The molecule has 2 aliphatic heterocycles. The molecule has 0 saturated carbocycles. The first kappa shape index (κ1) is 19.4. The Balaban J connectivity index is 1.33. The second-order valence-electron chi connectivity index (χ2n) is 7.32. The molecule has 150 valence electrons. The molecule has 1 spiro atoms. The van der Waals surface area contributed by atoms with Crippen molar-refractivity contribution in [1.82, 2.24) is 9.88 Å². The number of carbonyl (C=O) groups excluding carboxylic acids is 1. The number of ether oxygens (including phenoxy) is 2. The van der Waals surface area contributed by atoms with E-state index < -0.39 is 0 Å². The van der Waals surface area contributed by atoms with E-state index in [0.717, 1.165) is 43.7 Å². The Morgan fingerprint density at radius 2 is 2.25 bits per heavy atom. The average molecular weight is 405 g/mol. The van der Waals surface area contributed by atoms with Crippen molar-refractivity contribution in [3.05, 3.63) is 35.5 Å². The van der Waals surface area contributed by atoms with Crippen LogP contribution < -0.4 is 5.32 Å². The van der Waals surface area contributed by atoms with Gasteiger partial charge in [-0.15, -0.1) is 11.3 Å². The summed E-state index contributed by atoms with van der Waals surface area (Å²) in [6.45, 7) is 2.58. The predicted molar refractivity (Wildman–Crippen MR) is 106 cm³/mol. The van der Waals surface area contributed by atoms with E-state index in [4.69, 9.17) is 9.47 Å². The average Bonchev–Trinajstić information content (AvgIpc) is 3.34. The van der Waals surface area contributed by atoms with Gasteiger partial charge < -0.3 is 14.8 Å². The molecule has 2 fully saturated rings. The van der Waals surface area contributed by atoms with Gasteiger partial charge in [0.05, 0.1) is 23.9 Å². The van der Waals surface area contributed by atoms with Crippen LogP contribution in [0.2, 0.25) is 0 Å². The summed E-state index contributed by atoms with van der Waals surface area (Å²) < 4.78 is 24.7. The zero-order valence-corrected chi connectivity index (χ0v) is 16.6. The van der Waals surface area contributed by atoms with Crippen molar-refractivity contribution < 1.29 is 18.7 Å². The first-order chi connectivity index (χ1) is 13.6. The SMILES string of the molecule is CO[C@@H]1CN(CC(=O)Nc2nc(-c3ccc(F)cc3)cs2)CC[C@@]12CCCO2. The molecule has 0 unspecified atom stereocenters. The molecule has 0 radical (unpaired) electrons. The topological polar surface area (TPSA) is 63.7 Å². The first-order valence-electron chi connectivity index (χ1n) is 9.48. The highest BCUT2D eigenvalue weighted by Gasteiger charge is 2.46. The second kappa shape index (κ2) is 8.24. The largest absolute Gasteiger partial charge is 0.377 e. The number of thiazole rings is 1. The third kappa shape index (κ3) is 4.10. The Morgan fingerprint density at radius 3 is 2.96 bits per heavy atom. The van der Waals surface area contributed by atoms with Gasteiger partial charge in [0.25, 0.3) is 0 Å². The number of halogens is 1. The predicted octanol–water partition coefficient (Wildman–Crippen LogP) is 3.16. The molecule has 1 aromatic heterocycles. The minimum atomic E-state index is -0.284. The molecule has 0 bridgehead atoms. The maximum Gasteiger partial charge on any atom is 0.240 e. The number of piperidine rings is 1. The molecule has 1 amide bonds. The van der Waals surface area contributed by atoms with E-state index in [1.807, 2.05) is 5.38 Å². The summed E-state index contributed by atoms with van der Waals surface area (Å²) in [6.07, 6.45) is 2.96. The van der Waals surface area contributed by atoms with Crippen LogP contribution in [0.1, 0.15) is 19.3 Å². The molecular weight excluding hydrogens is 381 g/mol. The molecule has 2 aliphatic rings. The minimum Gasteiger partial charge on any atom is -0.377 e. The van der Waals surface area contributed by atoms with Gasteiger partial charge in [-0.25, -0.2) is 9.37 Å². The van der Waals surface area contributed by atoms with Crippen LogP contribution in [0.3, 0.4) is 0 Å². The fourth-order valence-corrected chi connectivity index (χ4v) is 4.79. The van der Waals surface area contributed by atoms with E-state index in [9.17, 15) is 9.18 Å². The van der Waals surface area contributed by atoms with Gasteiger partial charge in [-0.1, -0.05) is 0 Å². The van der Waals surface area contributed by atoms with Crippen LogP contribution in [-0.4, -0.2) is 60.8 Å². The van der Waals surface area contributed by atoms with Crippen molar-refractivity contribution in [2.75, 3.05) is 38.7 Å². The van der Waals surface area contributed by atoms with Crippen molar-refractivity contribution in [3.63, 3.8) is 0 Å². The first-order valence-corrected chi connectivity index (χ1v) is 10.4. The van der Waals surface area contributed by atoms with Gasteiger partial charge in [-0.3, -0.25) is 9.69 Å². The lowest BCUT2D eigenvalue weighted by atomic mass is 9.86. The number of rotatable bonds is 5. The van der Waals surface area contributed by atoms with Crippen LogP contribution >= 0.6 is 11.3 Å². The van der Waals surface area contributed by atoms with Crippen LogP contribution in [0.25, 0.3) is 11.3 Å². The van der Waals surface area contributed by atoms with Crippen LogP contribution in [0.4, 0.5) is 9.52 Å². The maximum atomic E-state index is 13.1. The van der Waals surface area contributed by atoms with Gasteiger partial charge in [0.1, 0.15) is 5.82 Å². The number of aromatic nitrogens is 1. The fraction of sp³-hybridized carbons (Fsp3) is 0.500. The Bertz CT molecular complexity index is 820. The van der Waals surface area contributed by atoms with Crippen LogP contribution in [0.5, 0.6) is 0 Å². The van der Waals surface area contributed by atoms with E-state index in [2.05, 4.69) is 15.2 Å². The Morgan fingerprint density at radius 1 is 1.43 bits per heavy atom. The molecule has 1 aromatic carbocycles. The standard InChI is InChI=1S/C20H24FN3O3S/c1-26-17-11-24(9-8-20(17)7-2-10-27-20)12-18(25)23-19-22-16(13-28-19)14-3-5-15(21)6-4-14/h3-6,13,17H,2,7-12H2,1H3,(H,22,23,25)/t17-,20+/m1/s1. The molecule has 2 aromatic rings. The number of nitrogens with zero attached hydrogens (tertiary/aromatic N) is 2. The summed E-state index contributed by atoms with van der Waals surface area (Å²) in [7, 11) is 1.71. The molecule has 8 heteroatoms. The lowest BCUT2D eigenvalue weighted by molar-refractivity contribution is -0.145. The summed E-state index contributed by atoms with van der Waals surface area (Å²) in [5, 5.41) is 5.26. The zero-order valence-electron chi connectivity index (χ0n) is 15.8. The van der Waals surface area contributed by atoms with Crippen molar-refractivity contribution in [2.45, 2.75) is 31.0 Å². The van der Waals surface area contributed by atoms with Crippen LogP contribution in [-0.2, 0) is 14.3 Å². The van der Waals surface area contributed by atoms with Gasteiger partial charge in [0.15, 0.2) is 5.13 Å². The monoisotopic (exact) mass is 405 g/mol. The number of hydrogen-bond donors (Lipinski definition) is 1. The molecule has 28 heavy (non-hydrogen) atoms. The number of likely N-dealkylation sites (tertiary alicyclic amines) is 1. The summed E-state index contributed by atoms with van der Waals surface area (Å²) >= 11 is 1.36. The summed E-state index contributed by atoms with van der Waals surface area (Å²) in [6, 6.07) is 6.15. The molecular formula is C20H24FN3O3S. The van der Waals surface area contributed by atoms with E-state index in [1.165, 1.54) is 23.5 Å². The molecule has 0 aliphatic carbocycles. The number of amides is 1. The van der Waals surface area contributed by atoms with Crippen molar-refractivity contribution in [1.29, 1.82) is 0 Å². The normalized spacial score (nSPS) is 25.3. The van der Waals surface area contributed by atoms with Crippen molar-refractivity contribution >= 4 is 22.4 Å². The molecule has 2 saturated heterocycles. The number of hydrogen-bond acceptors (Lipinski definition) is 6. The van der Waals surface area contributed by atoms with Crippen molar-refractivity contribution in [2.24, 2.45) is 0 Å². The molecule has 2 atom stereocenters. The number of nitrogens with one attached hydrogen (secondary N) is 1. The fourth-order valence-electron chi connectivity index (χ4n) is 4.05. The van der Waals surface area contributed by atoms with Crippen LogP contribution in [0.15, 0.2) is 29.6 Å². The number of benzene rings is 1. The smallest absolute Gasteiger partial charge is 0.240 e. The lowest BCUT2D eigenvalue weighted by Gasteiger charge is -2.44. The van der Waals surface area contributed by atoms with Gasteiger partial charge in [-0.2, -0.15) is 0 Å². The molecule has 1 N–H and O–H groups in total. The highest BCUT2D eigenvalue weighted by molar-refractivity contribution is 7.14. The summed E-state index contributed by atoms with van der Waals surface area (Å²) in [4.78, 5) is 19.0. The third-order valence-corrected chi connectivity index (χ3v) is 6.30. The number of anilines is 1. The number of methoxy groups -OCH3 is 1. The van der Waals surface area contributed by atoms with Crippen molar-refractivity contribution in [3.8, 4) is 11.3 Å². The van der Waals surface area contributed by atoms with E-state index in [0.29, 0.717) is 18.2 Å². The number of carbonyl (C=O) groups is 1. The Hall–Kier alpha value is -1.87. The van der Waals surface area contributed by atoms with E-state index in [1.54, 1.807) is 19.2 Å². The summed E-state index contributed by atoms with van der Waals surface area (Å²) in [5.74, 6) is -0.383. The third-order valence-electron chi connectivity index (χ3n) is 5.54. The highest BCUT2D eigenvalue weighted by Crippen LogP contribution is 2.37. The Labute approximate surface area is 167 Å². The van der Waals surface area contributed by atoms with E-state index >= 15 is 0 Å². The summed E-state index contributed by atoms with van der Waals surface area (Å²) in [5.41, 5.74) is 1.36. The molecule has 4 rings (SSSR count). The van der Waals surface area contributed by atoms with E-state index in [-0.39, 0.29) is 23.4 Å². The second-order valence-corrected chi connectivity index (χ2v) is 8.18.